The minimum Gasteiger partial charge on any atom is -0.481 e. The van der Waals surface area contributed by atoms with E-state index in [2.05, 4.69) is 18.5 Å². The fourth-order valence-electron chi connectivity index (χ4n) is 1.42. The Morgan fingerprint density at radius 1 is 1.14 bits per heavy atom. The summed E-state index contributed by atoms with van der Waals surface area (Å²) in [6.45, 7) is 9.05. The second-order valence-electron chi connectivity index (χ2n) is 4.08. The highest BCUT2D eigenvalue weighted by atomic mass is 16.5. The summed E-state index contributed by atoms with van der Waals surface area (Å²) in [6.07, 6.45) is 12.0. The number of amides is 1. The Morgan fingerprint density at radius 3 is 2.32 bits per heavy atom. The summed E-state index contributed by atoms with van der Waals surface area (Å²) in [4.78, 5) is 22.1. The molecule has 0 aromatic heterocycles. The van der Waals surface area contributed by atoms with Crippen LogP contribution in [-0.4, -0.2) is 23.8 Å². The van der Waals surface area contributed by atoms with Gasteiger partial charge in [-0.1, -0.05) is 49.6 Å². The van der Waals surface area contributed by atoms with E-state index in [1.165, 1.54) is 18.4 Å². The molecule has 22 heavy (non-hydrogen) atoms. The Morgan fingerprint density at radius 2 is 1.77 bits per heavy atom. The van der Waals surface area contributed by atoms with Gasteiger partial charge in [0.15, 0.2) is 0 Å². The van der Waals surface area contributed by atoms with Crippen molar-refractivity contribution in [3.05, 3.63) is 73.0 Å². The normalized spacial score (nSPS) is 12.4. The zero-order chi connectivity index (χ0) is 16.8. The predicted octanol–water partition coefficient (Wildman–Crippen LogP) is 3.50. The topological polar surface area (TPSA) is 75.6 Å². The molecule has 0 heterocycles. The lowest BCUT2D eigenvalue weighted by Gasteiger charge is -2.04. The van der Waals surface area contributed by atoms with Gasteiger partial charge >= 0.3 is 12.1 Å². The average molecular weight is 303 g/mol. The van der Waals surface area contributed by atoms with Crippen molar-refractivity contribution >= 4 is 12.1 Å². The first-order valence-corrected chi connectivity index (χ1v) is 6.61. The third kappa shape index (κ3) is 10.0. The quantitative estimate of drug-likeness (QED) is 0.639. The average Bonchev–Trinajstić information content (AvgIpc) is 2.45. The lowest BCUT2D eigenvalue weighted by atomic mass is 10.2. The highest BCUT2D eigenvalue weighted by molar-refractivity contribution is 5.71. The Bertz CT molecular complexity index is 525. The maximum atomic E-state index is 11.5. The summed E-state index contributed by atoms with van der Waals surface area (Å²) >= 11 is 0. The number of nitrogens with one attached hydrogen (secondary N) is 1. The number of carboxylic acid groups (broad SMARTS) is 1. The van der Waals surface area contributed by atoms with E-state index in [1.54, 1.807) is 18.2 Å². The molecule has 0 unspecified atom stereocenters. The number of carbonyl (C=O) groups excluding carboxylic acids is 1. The van der Waals surface area contributed by atoms with E-state index in [0.29, 0.717) is 5.57 Å². The molecule has 0 rings (SSSR count). The van der Waals surface area contributed by atoms with E-state index >= 15 is 0 Å². The van der Waals surface area contributed by atoms with Crippen LogP contribution in [0, 0.1) is 0 Å². The molecule has 0 aromatic carbocycles. The number of hydrogen-bond donors (Lipinski definition) is 2. The van der Waals surface area contributed by atoms with Crippen LogP contribution >= 0.6 is 0 Å². The van der Waals surface area contributed by atoms with Crippen molar-refractivity contribution in [2.24, 2.45) is 0 Å². The molecule has 5 heteroatoms. The van der Waals surface area contributed by atoms with Crippen LogP contribution in [0.2, 0.25) is 0 Å². The van der Waals surface area contributed by atoms with Crippen LogP contribution in [0.3, 0.4) is 0 Å². The lowest BCUT2D eigenvalue weighted by molar-refractivity contribution is -0.136. The molecule has 118 valence electrons. The van der Waals surface area contributed by atoms with Gasteiger partial charge in [0, 0.05) is 6.20 Å². The van der Waals surface area contributed by atoms with Gasteiger partial charge in [0.25, 0.3) is 0 Å². The van der Waals surface area contributed by atoms with E-state index < -0.39 is 12.1 Å². The van der Waals surface area contributed by atoms with Crippen LogP contribution in [0.5, 0.6) is 0 Å². The molecular formula is C17H21NO4. The van der Waals surface area contributed by atoms with Crippen LogP contribution in [0.1, 0.15) is 13.3 Å². The predicted molar refractivity (Wildman–Crippen MR) is 87.3 cm³/mol. The third-order valence-electron chi connectivity index (χ3n) is 2.27. The molecule has 0 aliphatic heterocycles. The Hall–Kier alpha value is -2.82. The van der Waals surface area contributed by atoms with E-state index in [9.17, 15) is 9.59 Å². The van der Waals surface area contributed by atoms with Crippen molar-refractivity contribution in [3.63, 3.8) is 0 Å². The summed E-state index contributed by atoms with van der Waals surface area (Å²) in [7, 11) is 0. The standard InChI is InChI=1S/C17H21NO4/c1-4-7-14(12-16(19)20)10-11-18-17(21)22-13-15(8-5-2)9-6-3/h4-11H,1-2,12-13H2,3H3,(H,18,21)(H,19,20)/b9-6-,11-10+,14-7+,15-8+. The van der Waals surface area contributed by atoms with Crippen LogP contribution in [-0.2, 0) is 9.53 Å². The van der Waals surface area contributed by atoms with E-state index in [4.69, 9.17) is 9.84 Å². The van der Waals surface area contributed by atoms with Gasteiger partial charge in [0.2, 0.25) is 0 Å². The third-order valence-corrected chi connectivity index (χ3v) is 2.27. The summed E-state index contributed by atoms with van der Waals surface area (Å²) in [6, 6.07) is 0. The second-order valence-corrected chi connectivity index (χ2v) is 4.08. The lowest BCUT2D eigenvalue weighted by Crippen LogP contribution is -2.19. The first-order chi connectivity index (χ1) is 10.5. The molecular weight excluding hydrogens is 282 g/mol. The van der Waals surface area contributed by atoms with Gasteiger partial charge in [0.05, 0.1) is 6.42 Å². The zero-order valence-corrected chi connectivity index (χ0v) is 12.6. The molecule has 0 atom stereocenters. The van der Waals surface area contributed by atoms with Crippen LogP contribution in [0.25, 0.3) is 0 Å². The zero-order valence-electron chi connectivity index (χ0n) is 12.6. The van der Waals surface area contributed by atoms with Gasteiger partial charge in [-0.25, -0.2) is 4.79 Å². The molecule has 0 radical (unpaired) electrons. The van der Waals surface area contributed by atoms with Crippen LogP contribution in [0.15, 0.2) is 73.0 Å². The fraction of sp³-hybridized carbons (Fsp3) is 0.176. The number of carboxylic acids is 1. The molecule has 0 spiro atoms. The first kappa shape index (κ1) is 19.2. The molecule has 0 aliphatic rings. The Balaban J connectivity index is 4.42. The molecule has 0 fully saturated rings. The molecule has 0 aromatic rings. The second kappa shape index (κ2) is 12.0. The highest BCUT2D eigenvalue weighted by Crippen LogP contribution is 2.03. The van der Waals surface area contributed by atoms with Crippen LogP contribution < -0.4 is 5.32 Å². The largest absolute Gasteiger partial charge is 0.481 e. The van der Waals surface area contributed by atoms with E-state index in [0.717, 1.165) is 5.57 Å². The molecule has 0 saturated heterocycles. The van der Waals surface area contributed by atoms with Gasteiger partial charge in [0.1, 0.15) is 6.61 Å². The van der Waals surface area contributed by atoms with Crippen molar-refractivity contribution in [1.29, 1.82) is 0 Å². The fourth-order valence-corrected chi connectivity index (χ4v) is 1.42. The maximum Gasteiger partial charge on any atom is 0.411 e. The first-order valence-electron chi connectivity index (χ1n) is 6.61. The van der Waals surface area contributed by atoms with Crippen LogP contribution in [0.4, 0.5) is 4.79 Å². The molecule has 5 nitrogen and oxygen atoms in total. The minimum absolute atomic E-state index is 0.112. The smallest absolute Gasteiger partial charge is 0.411 e. The maximum absolute atomic E-state index is 11.5. The van der Waals surface area contributed by atoms with Gasteiger partial charge in [-0.15, -0.1) is 0 Å². The Kier molecular flexibility index (Phi) is 10.4. The summed E-state index contributed by atoms with van der Waals surface area (Å²) < 4.78 is 5.01. The van der Waals surface area contributed by atoms with Crippen molar-refractivity contribution < 1.29 is 19.4 Å². The SMILES string of the molecule is C=C/C=C(\C=C\NC(=O)OCC(/C=C\C)=C/C=C)CC(=O)O. The van der Waals surface area contributed by atoms with Crippen molar-refractivity contribution in [2.75, 3.05) is 6.61 Å². The van der Waals surface area contributed by atoms with Gasteiger partial charge in [-0.3, -0.25) is 10.1 Å². The number of allylic oxidation sites excluding steroid dienone is 6. The summed E-state index contributed by atoms with van der Waals surface area (Å²) in [5.74, 6) is -0.967. The number of rotatable bonds is 9. The number of carbonyl (C=O) groups is 2. The number of alkyl carbamates (subject to hydrolysis) is 1. The van der Waals surface area contributed by atoms with Crippen molar-refractivity contribution in [1.82, 2.24) is 5.32 Å². The molecule has 2 N–H and O–H groups in total. The number of hydrogen-bond acceptors (Lipinski definition) is 3. The monoisotopic (exact) mass is 303 g/mol. The summed E-state index contributed by atoms with van der Waals surface area (Å²) in [5, 5.41) is 11.1. The molecule has 1 amide bonds. The number of ether oxygens (including phenoxy) is 1. The highest BCUT2D eigenvalue weighted by Gasteiger charge is 2.02. The van der Waals surface area contributed by atoms with Crippen molar-refractivity contribution in [3.8, 4) is 0 Å². The van der Waals surface area contributed by atoms with E-state index in [-0.39, 0.29) is 13.0 Å². The summed E-state index contributed by atoms with van der Waals surface area (Å²) in [5.41, 5.74) is 1.30. The van der Waals surface area contributed by atoms with Gasteiger partial charge in [-0.05, 0) is 24.1 Å². The van der Waals surface area contributed by atoms with E-state index in [1.807, 2.05) is 19.1 Å². The molecule has 0 saturated carbocycles. The van der Waals surface area contributed by atoms with Crippen molar-refractivity contribution in [2.45, 2.75) is 13.3 Å². The minimum atomic E-state index is -0.967. The number of aliphatic carboxylic acids is 1. The molecule has 0 bridgehead atoms. The van der Waals surface area contributed by atoms with Gasteiger partial charge in [-0.2, -0.15) is 0 Å². The Labute approximate surface area is 130 Å². The molecule has 0 aliphatic carbocycles. The van der Waals surface area contributed by atoms with Gasteiger partial charge < -0.3 is 9.84 Å².